The van der Waals surface area contributed by atoms with Crippen LogP contribution in [0.2, 0.25) is 0 Å². The van der Waals surface area contributed by atoms with Gasteiger partial charge in [-0.3, -0.25) is 4.79 Å². The molecular weight excluding hydrogens is 300 g/mol. The predicted octanol–water partition coefficient (Wildman–Crippen LogP) is 1.55. The summed E-state index contributed by atoms with van der Waals surface area (Å²) in [5, 5.41) is 8.85. The third kappa shape index (κ3) is 3.77. The van der Waals surface area contributed by atoms with Gasteiger partial charge >= 0.3 is 0 Å². The topological polar surface area (TPSA) is 59.4 Å². The van der Waals surface area contributed by atoms with E-state index in [2.05, 4.69) is 22.9 Å². The van der Waals surface area contributed by atoms with E-state index in [-0.39, 0.29) is 11.8 Å². The molecule has 1 heterocycles. The van der Waals surface area contributed by atoms with Crippen LogP contribution in [0.1, 0.15) is 24.0 Å². The van der Waals surface area contributed by atoms with E-state index in [4.69, 9.17) is 17.0 Å². The Morgan fingerprint density at radius 2 is 1.86 bits per heavy atom. The van der Waals surface area contributed by atoms with Crippen LogP contribution in [0.5, 0.6) is 0 Å². The molecular formula is C16H21ClN4O. The molecule has 118 valence electrons. The third-order valence-electron chi connectivity index (χ3n) is 4.26. The zero-order chi connectivity index (χ0) is 16.1. The fourth-order valence-corrected chi connectivity index (χ4v) is 2.91. The van der Waals surface area contributed by atoms with E-state index < -0.39 is 6.04 Å². The molecule has 1 N–H and O–H groups in total. The molecule has 1 fully saturated rings. The van der Waals surface area contributed by atoms with Gasteiger partial charge in [-0.1, -0.05) is 19.1 Å². The Balaban J connectivity index is 2.09. The number of benzene rings is 1. The molecule has 5 nitrogen and oxygen atoms in total. The molecule has 2 unspecified atom stereocenters. The first-order valence-corrected chi connectivity index (χ1v) is 7.78. The van der Waals surface area contributed by atoms with Crippen LogP contribution in [0.25, 0.3) is 0 Å². The van der Waals surface area contributed by atoms with E-state index in [9.17, 15) is 4.79 Å². The summed E-state index contributed by atoms with van der Waals surface area (Å²) in [7, 11) is 2.05. The molecule has 1 aliphatic rings. The molecule has 0 radical (unpaired) electrons. The van der Waals surface area contributed by atoms with Gasteiger partial charge in [-0.15, -0.1) is 0 Å². The van der Waals surface area contributed by atoms with E-state index in [1.165, 1.54) is 0 Å². The third-order valence-corrected chi connectivity index (χ3v) is 4.50. The summed E-state index contributed by atoms with van der Waals surface area (Å²) in [6.45, 7) is 5.18. The Kier molecular flexibility index (Phi) is 5.78. The van der Waals surface area contributed by atoms with Crippen molar-refractivity contribution in [3.8, 4) is 6.07 Å². The van der Waals surface area contributed by atoms with Crippen molar-refractivity contribution in [2.45, 2.75) is 18.9 Å². The van der Waals surface area contributed by atoms with Crippen LogP contribution in [0, 0.1) is 11.3 Å². The van der Waals surface area contributed by atoms with Gasteiger partial charge in [-0.05, 0) is 36.5 Å². The first kappa shape index (κ1) is 16.8. The van der Waals surface area contributed by atoms with Gasteiger partial charge in [-0.2, -0.15) is 5.26 Å². The molecule has 1 aliphatic heterocycles. The van der Waals surface area contributed by atoms with Gasteiger partial charge in [0.25, 0.3) is 0 Å². The smallest absolute Gasteiger partial charge is 0.241 e. The summed E-state index contributed by atoms with van der Waals surface area (Å²) in [6, 6.07) is 8.90. The highest BCUT2D eigenvalue weighted by Gasteiger charge is 2.30. The molecule has 0 saturated carbocycles. The SMILES string of the molecule is CC(c1ccc(C#N)cc1)C(NCl)C(=O)N1CCN(C)CC1. The van der Waals surface area contributed by atoms with Crippen LogP contribution >= 0.6 is 11.8 Å². The van der Waals surface area contributed by atoms with Crippen molar-refractivity contribution in [1.82, 2.24) is 14.6 Å². The minimum Gasteiger partial charge on any atom is -0.339 e. The van der Waals surface area contributed by atoms with Crippen LogP contribution in [-0.4, -0.2) is 55.0 Å². The summed E-state index contributed by atoms with van der Waals surface area (Å²) >= 11 is 5.85. The zero-order valence-corrected chi connectivity index (χ0v) is 13.7. The lowest BCUT2D eigenvalue weighted by molar-refractivity contribution is -0.135. The second-order valence-corrected chi connectivity index (χ2v) is 5.96. The monoisotopic (exact) mass is 320 g/mol. The number of nitriles is 1. The number of amides is 1. The Morgan fingerprint density at radius 1 is 1.27 bits per heavy atom. The molecule has 0 spiro atoms. The van der Waals surface area contributed by atoms with E-state index in [1.807, 2.05) is 24.0 Å². The van der Waals surface area contributed by atoms with Crippen molar-refractivity contribution in [3.05, 3.63) is 35.4 Å². The Morgan fingerprint density at radius 3 is 2.36 bits per heavy atom. The number of carbonyl (C=O) groups excluding carboxylic acids is 1. The number of nitrogens with one attached hydrogen (secondary N) is 1. The number of rotatable bonds is 4. The molecule has 2 atom stereocenters. The molecule has 2 rings (SSSR count). The van der Waals surface area contributed by atoms with Crippen LogP contribution in [0.3, 0.4) is 0 Å². The largest absolute Gasteiger partial charge is 0.339 e. The van der Waals surface area contributed by atoms with Crippen LogP contribution < -0.4 is 4.84 Å². The fourth-order valence-electron chi connectivity index (χ4n) is 2.63. The normalized spacial score (nSPS) is 18.5. The van der Waals surface area contributed by atoms with Crippen LogP contribution in [0.4, 0.5) is 0 Å². The average Bonchev–Trinajstić information content (AvgIpc) is 2.56. The molecule has 0 aromatic heterocycles. The maximum atomic E-state index is 12.7. The van der Waals surface area contributed by atoms with E-state index >= 15 is 0 Å². The van der Waals surface area contributed by atoms with E-state index in [0.717, 1.165) is 31.7 Å². The number of nitrogens with zero attached hydrogens (tertiary/aromatic N) is 3. The number of carbonyl (C=O) groups is 1. The lowest BCUT2D eigenvalue weighted by atomic mass is 9.92. The van der Waals surface area contributed by atoms with Crippen LogP contribution in [0.15, 0.2) is 24.3 Å². The second-order valence-electron chi connectivity index (χ2n) is 5.74. The maximum Gasteiger partial charge on any atom is 0.241 e. The highest BCUT2D eigenvalue weighted by molar-refractivity contribution is 6.15. The van der Waals surface area contributed by atoms with Gasteiger partial charge in [0.15, 0.2) is 0 Å². The highest BCUT2D eigenvalue weighted by atomic mass is 35.5. The minimum atomic E-state index is -0.474. The highest BCUT2D eigenvalue weighted by Crippen LogP contribution is 2.22. The summed E-state index contributed by atoms with van der Waals surface area (Å²) in [6.07, 6.45) is 0. The molecule has 1 amide bonds. The number of hydrogen-bond acceptors (Lipinski definition) is 4. The van der Waals surface area contributed by atoms with Crippen LogP contribution in [-0.2, 0) is 4.79 Å². The number of halogens is 1. The maximum absolute atomic E-state index is 12.7. The van der Waals surface area contributed by atoms with Gasteiger partial charge < -0.3 is 9.80 Å². The van der Waals surface area contributed by atoms with E-state index in [1.54, 1.807) is 12.1 Å². The second kappa shape index (κ2) is 7.59. The Hall–Kier alpha value is -1.61. The summed E-state index contributed by atoms with van der Waals surface area (Å²) in [4.78, 5) is 19.4. The quantitative estimate of drug-likeness (QED) is 0.855. The lowest BCUT2D eigenvalue weighted by Gasteiger charge is -2.35. The molecule has 22 heavy (non-hydrogen) atoms. The molecule has 6 heteroatoms. The lowest BCUT2D eigenvalue weighted by Crippen LogP contribution is -2.53. The molecule has 1 aromatic rings. The predicted molar refractivity (Wildman–Crippen MR) is 86.4 cm³/mol. The van der Waals surface area contributed by atoms with Crippen molar-refractivity contribution in [2.24, 2.45) is 0 Å². The van der Waals surface area contributed by atoms with E-state index in [0.29, 0.717) is 5.56 Å². The summed E-state index contributed by atoms with van der Waals surface area (Å²) < 4.78 is 0. The van der Waals surface area contributed by atoms with Crippen molar-refractivity contribution < 1.29 is 4.79 Å². The Labute approximate surface area is 136 Å². The first-order chi connectivity index (χ1) is 10.6. The number of hydrogen-bond donors (Lipinski definition) is 1. The molecule has 0 aliphatic carbocycles. The van der Waals surface area contributed by atoms with Crippen molar-refractivity contribution in [1.29, 1.82) is 5.26 Å². The van der Waals surface area contributed by atoms with Gasteiger partial charge in [0.05, 0.1) is 11.6 Å². The molecule has 0 bridgehead atoms. The standard InChI is InChI=1S/C16H21ClN4O/c1-12(14-5-3-13(11-18)4-6-14)15(19-17)16(22)21-9-7-20(2)8-10-21/h3-6,12,15,19H,7-10H2,1-2H3. The number of piperazine rings is 1. The van der Waals surface area contributed by atoms with Crippen molar-refractivity contribution in [2.75, 3.05) is 33.2 Å². The number of likely N-dealkylation sites (N-methyl/N-ethyl adjacent to an activating group) is 1. The van der Waals surface area contributed by atoms with Gasteiger partial charge in [0, 0.05) is 32.1 Å². The fraction of sp³-hybridized carbons (Fsp3) is 0.500. The van der Waals surface area contributed by atoms with Crippen molar-refractivity contribution in [3.63, 3.8) is 0 Å². The zero-order valence-electron chi connectivity index (χ0n) is 12.9. The first-order valence-electron chi connectivity index (χ1n) is 7.40. The van der Waals surface area contributed by atoms with Crippen molar-refractivity contribution >= 4 is 17.7 Å². The Bertz CT molecular complexity index is 546. The van der Waals surface area contributed by atoms with Gasteiger partial charge in [0.2, 0.25) is 5.91 Å². The summed E-state index contributed by atoms with van der Waals surface area (Å²) in [5.41, 5.74) is 1.59. The summed E-state index contributed by atoms with van der Waals surface area (Å²) in [5.74, 6) is -0.0441. The average molecular weight is 321 g/mol. The molecule has 1 saturated heterocycles. The van der Waals surface area contributed by atoms with Gasteiger partial charge in [0.1, 0.15) is 6.04 Å². The molecule has 1 aromatic carbocycles. The minimum absolute atomic E-state index is 0.0277. The van der Waals surface area contributed by atoms with Gasteiger partial charge in [-0.25, -0.2) is 4.84 Å².